The molecule has 0 spiro atoms. The van der Waals surface area contributed by atoms with Gasteiger partial charge in [0.2, 0.25) is 0 Å². The molecule has 1 unspecified atom stereocenters. The van der Waals surface area contributed by atoms with Crippen molar-refractivity contribution in [2.24, 2.45) is 0 Å². The molecule has 128 valence electrons. The molecule has 1 aliphatic rings. The van der Waals surface area contributed by atoms with Crippen molar-refractivity contribution in [2.75, 3.05) is 5.32 Å². The smallest absolute Gasteiger partial charge is 0.328 e. The Morgan fingerprint density at radius 3 is 2.80 bits per heavy atom. The van der Waals surface area contributed by atoms with Gasteiger partial charge in [-0.25, -0.2) is 4.79 Å². The topological polar surface area (TPSA) is 84.9 Å². The summed E-state index contributed by atoms with van der Waals surface area (Å²) in [6.07, 6.45) is 1.82. The van der Waals surface area contributed by atoms with Gasteiger partial charge in [0, 0.05) is 6.08 Å². The van der Waals surface area contributed by atoms with E-state index in [1.165, 1.54) is 6.08 Å². The van der Waals surface area contributed by atoms with Crippen LogP contribution in [-0.4, -0.2) is 23.1 Å². The second-order valence-corrected chi connectivity index (χ2v) is 5.59. The van der Waals surface area contributed by atoms with E-state index in [-0.39, 0.29) is 5.91 Å². The highest BCUT2D eigenvalue weighted by Crippen LogP contribution is 2.40. The number of carboxylic acids is 1. The Hall–Kier alpha value is -3.28. The summed E-state index contributed by atoms with van der Waals surface area (Å²) in [5.41, 5.74) is 2.02. The molecule has 6 nitrogen and oxygen atoms in total. The number of hydrogen-bond donors (Lipinski definition) is 2. The van der Waals surface area contributed by atoms with Crippen molar-refractivity contribution in [3.8, 4) is 11.5 Å². The minimum atomic E-state index is -1.06. The Labute approximate surface area is 144 Å². The molecule has 25 heavy (non-hydrogen) atoms. The van der Waals surface area contributed by atoms with Crippen molar-refractivity contribution >= 4 is 23.6 Å². The van der Waals surface area contributed by atoms with Gasteiger partial charge in [-0.15, -0.1) is 0 Å². The van der Waals surface area contributed by atoms with Gasteiger partial charge in [-0.05, 0) is 36.3 Å². The highest BCUT2D eigenvalue weighted by Gasteiger charge is 2.27. The predicted octanol–water partition coefficient (Wildman–Crippen LogP) is 3.08. The van der Waals surface area contributed by atoms with Crippen molar-refractivity contribution < 1.29 is 24.2 Å². The Morgan fingerprint density at radius 2 is 2.08 bits per heavy atom. The third-order valence-electron chi connectivity index (χ3n) is 3.65. The third-order valence-corrected chi connectivity index (χ3v) is 3.65. The third kappa shape index (κ3) is 3.98. The molecule has 1 amide bonds. The number of hydrogen-bond acceptors (Lipinski definition) is 4. The summed E-state index contributed by atoms with van der Waals surface area (Å²) in [6, 6.07) is 13.0. The number of fused-ring (bicyclic) bond motifs is 1. The van der Waals surface area contributed by atoms with Crippen LogP contribution in [0.3, 0.4) is 0 Å². The molecule has 2 aromatic carbocycles. The van der Waals surface area contributed by atoms with Crippen LogP contribution in [-0.2, 0) is 16.2 Å². The lowest BCUT2D eigenvalue weighted by atomic mass is 10.1. The molecule has 2 aromatic rings. The predicted molar refractivity (Wildman–Crippen MR) is 92.6 cm³/mol. The van der Waals surface area contributed by atoms with E-state index in [0.717, 1.165) is 11.6 Å². The van der Waals surface area contributed by atoms with Crippen LogP contribution in [0.1, 0.15) is 18.1 Å². The molecule has 3 rings (SSSR count). The molecular formula is C19H17NO5. The Kier molecular flexibility index (Phi) is 4.70. The van der Waals surface area contributed by atoms with Gasteiger partial charge in [-0.3, -0.25) is 4.79 Å². The van der Waals surface area contributed by atoms with Crippen LogP contribution >= 0.6 is 0 Å². The van der Waals surface area contributed by atoms with Gasteiger partial charge < -0.3 is 19.9 Å². The van der Waals surface area contributed by atoms with E-state index in [1.54, 1.807) is 19.1 Å². The van der Waals surface area contributed by atoms with Crippen molar-refractivity contribution in [3.63, 3.8) is 0 Å². The zero-order valence-electron chi connectivity index (χ0n) is 13.6. The molecule has 6 heteroatoms. The zero-order chi connectivity index (χ0) is 17.8. The Bertz CT molecular complexity index is 829. The molecular weight excluding hydrogens is 322 g/mol. The average molecular weight is 339 g/mol. The first kappa shape index (κ1) is 16.6. The molecule has 0 fully saturated rings. The maximum absolute atomic E-state index is 11.8. The first-order valence-electron chi connectivity index (χ1n) is 7.76. The Morgan fingerprint density at radius 1 is 1.32 bits per heavy atom. The minimum Gasteiger partial charge on any atom is -0.485 e. The van der Waals surface area contributed by atoms with Gasteiger partial charge in [0.15, 0.2) is 17.6 Å². The molecule has 1 heterocycles. The summed E-state index contributed by atoms with van der Waals surface area (Å²) in [7, 11) is 0. The van der Waals surface area contributed by atoms with E-state index in [1.807, 2.05) is 30.3 Å². The Balaban J connectivity index is 1.93. The molecule has 0 saturated heterocycles. The number of amides is 1. The number of anilines is 1. The van der Waals surface area contributed by atoms with Gasteiger partial charge >= 0.3 is 5.97 Å². The minimum absolute atomic E-state index is 0.263. The lowest BCUT2D eigenvalue weighted by molar-refractivity contribution is -0.131. The van der Waals surface area contributed by atoms with Crippen LogP contribution in [0.5, 0.6) is 11.5 Å². The molecule has 0 aromatic heterocycles. The fourth-order valence-electron chi connectivity index (χ4n) is 2.41. The monoisotopic (exact) mass is 339 g/mol. The second kappa shape index (κ2) is 7.09. The number of nitrogens with one attached hydrogen (secondary N) is 1. The molecule has 1 atom stereocenters. The second-order valence-electron chi connectivity index (χ2n) is 5.59. The van der Waals surface area contributed by atoms with Gasteiger partial charge in [-0.1, -0.05) is 30.3 Å². The number of benzene rings is 2. The fourth-order valence-corrected chi connectivity index (χ4v) is 2.41. The summed E-state index contributed by atoms with van der Waals surface area (Å²) < 4.78 is 11.5. The number of ether oxygens (including phenoxy) is 2. The van der Waals surface area contributed by atoms with Crippen molar-refractivity contribution in [2.45, 2.75) is 19.6 Å². The standard InChI is InChI=1S/C19H17NO5/c1-12-19(23)20-15-9-14(7-8-17(21)22)10-16(18(15)25-12)24-11-13-5-3-2-4-6-13/h2-10,12H,11H2,1H3,(H,20,23)(H,21,22)/b8-7+. The van der Waals surface area contributed by atoms with Gasteiger partial charge in [0.05, 0.1) is 5.69 Å². The largest absolute Gasteiger partial charge is 0.485 e. The molecule has 0 radical (unpaired) electrons. The van der Waals surface area contributed by atoms with Gasteiger partial charge in [0.25, 0.3) is 5.91 Å². The van der Waals surface area contributed by atoms with E-state index in [4.69, 9.17) is 14.6 Å². The van der Waals surface area contributed by atoms with E-state index in [9.17, 15) is 9.59 Å². The van der Waals surface area contributed by atoms with Gasteiger partial charge in [-0.2, -0.15) is 0 Å². The molecule has 1 aliphatic heterocycles. The first-order chi connectivity index (χ1) is 12.0. The van der Waals surface area contributed by atoms with Crippen LogP contribution in [0, 0.1) is 0 Å². The first-order valence-corrected chi connectivity index (χ1v) is 7.76. The summed E-state index contributed by atoms with van der Waals surface area (Å²) in [6.45, 7) is 1.97. The summed E-state index contributed by atoms with van der Waals surface area (Å²) in [5, 5.41) is 11.5. The quantitative estimate of drug-likeness (QED) is 0.818. The number of carbonyl (C=O) groups is 2. The lowest BCUT2D eigenvalue weighted by Crippen LogP contribution is -2.34. The van der Waals surface area contributed by atoms with Gasteiger partial charge in [0.1, 0.15) is 6.61 Å². The molecule has 0 aliphatic carbocycles. The molecule has 2 N–H and O–H groups in total. The van der Waals surface area contributed by atoms with E-state index < -0.39 is 12.1 Å². The van der Waals surface area contributed by atoms with E-state index >= 15 is 0 Å². The number of rotatable bonds is 5. The summed E-state index contributed by atoms with van der Waals surface area (Å²) >= 11 is 0. The van der Waals surface area contributed by atoms with Crippen molar-refractivity contribution in [1.29, 1.82) is 0 Å². The normalized spacial score (nSPS) is 16.0. The van der Waals surface area contributed by atoms with Crippen LogP contribution < -0.4 is 14.8 Å². The van der Waals surface area contributed by atoms with E-state index in [2.05, 4.69) is 5.32 Å². The zero-order valence-corrected chi connectivity index (χ0v) is 13.6. The summed E-state index contributed by atoms with van der Waals surface area (Å²) in [4.78, 5) is 22.6. The highest BCUT2D eigenvalue weighted by atomic mass is 16.5. The number of carbonyl (C=O) groups excluding carboxylic acids is 1. The van der Waals surface area contributed by atoms with E-state index in [0.29, 0.717) is 29.4 Å². The van der Waals surface area contributed by atoms with Crippen LogP contribution in [0.15, 0.2) is 48.5 Å². The number of aliphatic carboxylic acids is 1. The maximum Gasteiger partial charge on any atom is 0.328 e. The SMILES string of the molecule is CC1Oc2c(cc(/C=C/C(=O)O)cc2OCc2ccccc2)NC1=O. The van der Waals surface area contributed by atoms with Crippen LogP contribution in [0.25, 0.3) is 6.08 Å². The highest BCUT2D eigenvalue weighted by molar-refractivity contribution is 5.98. The average Bonchev–Trinajstić information content (AvgIpc) is 2.60. The summed E-state index contributed by atoms with van der Waals surface area (Å²) in [5.74, 6) is -0.437. The number of carboxylic acid groups (broad SMARTS) is 1. The van der Waals surface area contributed by atoms with Crippen molar-refractivity contribution in [3.05, 3.63) is 59.7 Å². The lowest BCUT2D eigenvalue weighted by Gasteiger charge is -2.25. The molecule has 0 saturated carbocycles. The van der Waals surface area contributed by atoms with Crippen LogP contribution in [0.4, 0.5) is 5.69 Å². The van der Waals surface area contributed by atoms with Crippen molar-refractivity contribution in [1.82, 2.24) is 0 Å². The fraction of sp³-hybridized carbons (Fsp3) is 0.158. The maximum atomic E-state index is 11.8. The molecule has 0 bridgehead atoms. The van der Waals surface area contributed by atoms with Crippen LogP contribution in [0.2, 0.25) is 0 Å².